The molecular weight excluding hydrogens is 130 g/mol. The van der Waals surface area contributed by atoms with Gasteiger partial charge in [0.1, 0.15) is 0 Å². The molecule has 5 heteroatoms. The molecule has 0 aromatic rings. The van der Waals surface area contributed by atoms with Crippen LogP contribution in [-0.4, -0.2) is 27.7 Å². The third kappa shape index (κ3) is 6.19. The van der Waals surface area contributed by atoms with Crippen molar-refractivity contribution in [3.63, 3.8) is 0 Å². The third-order valence-electron chi connectivity index (χ3n) is 0.588. The predicted octanol–water partition coefficient (Wildman–Crippen LogP) is 0.257. The topological polar surface area (TPSA) is 75.7 Å². The largest absolute Gasteiger partial charge is 0.303 e. The van der Waals surface area contributed by atoms with Crippen LogP contribution in [0.5, 0.6) is 0 Å². The number of hydrogen-bond donors (Lipinski definition) is 3. The van der Waals surface area contributed by atoms with Crippen LogP contribution in [0.2, 0.25) is 0 Å². The SMILES string of the molecule is CS(O)(O)CCON. The Morgan fingerprint density at radius 1 is 1.62 bits per heavy atom. The fraction of sp³-hybridized carbons (Fsp3) is 1.00. The van der Waals surface area contributed by atoms with Crippen LogP contribution in [0.4, 0.5) is 0 Å². The fourth-order valence-corrected chi connectivity index (χ4v) is 0.618. The van der Waals surface area contributed by atoms with Crippen molar-refractivity contribution in [1.29, 1.82) is 0 Å². The lowest BCUT2D eigenvalue weighted by Gasteiger charge is -2.25. The lowest BCUT2D eigenvalue weighted by Crippen LogP contribution is -2.10. The van der Waals surface area contributed by atoms with Crippen LogP contribution in [0.25, 0.3) is 0 Å². The first-order chi connectivity index (χ1) is 3.56. The minimum atomic E-state index is -2.39. The first-order valence-corrected chi connectivity index (χ1v) is 4.21. The van der Waals surface area contributed by atoms with E-state index in [1.165, 1.54) is 6.26 Å². The molecule has 0 aliphatic carbocycles. The highest BCUT2D eigenvalue weighted by Crippen LogP contribution is 2.31. The summed E-state index contributed by atoms with van der Waals surface area (Å²) >= 11 is 0. The summed E-state index contributed by atoms with van der Waals surface area (Å²) in [5, 5.41) is 0. The molecule has 0 aromatic heterocycles. The Labute approximate surface area is 49.9 Å². The highest BCUT2D eigenvalue weighted by molar-refractivity contribution is 8.23. The Morgan fingerprint density at radius 3 is 2.25 bits per heavy atom. The van der Waals surface area contributed by atoms with Gasteiger partial charge in [-0.15, -0.1) is 0 Å². The molecule has 0 spiro atoms. The minimum absolute atomic E-state index is 0.193. The molecule has 0 unspecified atom stereocenters. The zero-order chi connectivity index (χ0) is 6.62. The quantitative estimate of drug-likeness (QED) is 0.493. The molecule has 52 valence electrons. The van der Waals surface area contributed by atoms with Crippen molar-refractivity contribution in [3.05, 3.63) is 0 Å². The maximum atomic E-state index is 8.65. The number of hydrogen-bond acceptors (Lipinski definition) is 4. The standard InChI is InChI=1S/C3H11NO3S/c1-8(5,6)3-2-7-4/h5-6H,2-4H2,1H3. The summed E-state index contributed by atoms with van der Waals surface area (Å²) in [6.07, 6.45) is 1.35. The van der Waals surface area contributed by atoms with Gasteiger partial charge < -0.3 is 4.84 Å². The second-order valence-corrected chi connectivity index (χ2v) is 3.96. The Morgan fingerprint density at radius 2 is 2.12 bits per heavy atom. The van der Waals surface area contributed by atoms with E-state index in [1.807, 2.05) is 0 Å². The highest BCUT2D eigenvalue weighted by atomic mass is 32.3. The molecule has 8 heavy (non-hydrogen) atoms. The highest BCUT2D eigenvalue weighted by Gasteiger charge is 2.01. The zero-order valence-electron chi connectivity index (χ0n) is 4.70. The lowest BCUT2D eigenvalue weighted by molar-refractivity contribution is 0.152. The summed E-state index contributed by atoms with van der Waals surface area (Å²) in [5.41, 5.74) is 0. The van der Waals surface area contributed by atoms with Crippen LogP contribution in [0.15, 0.2) is 0 Å². The average molecular weight is 141 g/mol. The molecule has 0 aliphatic heterocycles. The third-order valence-corrected chi connectivity index (χ3v) is 1.53. The first kappa shape index (κ1) is 8.19. The molecule has 0 atom stereocenters. The van der Waals surface area contributed by atoms with E-state index in [0.717, 1.165) is 0 Å². The molecule has 4 N–H and O–H groups in total. The van der Waals surface area contributed by atoms with E-state index in [4.69, 9.17) is 9.11 Å². The molecule has 0 saturated carbocycles. The zero-order valence-corrected chi connectivity index (χ0v) is 5.52. The molecule has 0 bridgehead atoms. The first-order valence-electron chi connectivity index (χ1n) is 2.09. The van der Waals surface area contributed by atoms with Gasteiger partial charge in [0.2, 0.25) is 0 Å². The molecule has 0 heterocycles. The second kappa shape index (κ2) is 3.26. The van der Waals surface area contributed by atoms with Crippen molar-refractivity contribution >= 4 is 10.6 Å². The van der Waals surface area contributed by atoms with Gasteiger partial charge in [0, 0.05) is 6.26 Å². The van der Waals surface area contributed by atoms with Gasteiger partial charge in [-0.25, -0.2) is 5.90 Å². The van der Waals surface area contributed by atoms with Gasteiger partial charge in [0.25, 0.3) is 0 Å². The molecule has 0 fully saturated rings. The van der Waals surface area contributed by atoms with Gasteiger partial charge in [0.15, 0.2) is 0 Å². The van der Waals surface area contributed by atoms with E-state index < -0.39 is 10.6 Å². The molecule has 0 aromatic carbocycles. The van der Waals surface area contributed by atoms with Gasteiger partial charge >= 0.3 is 0 Å². The molecule has 0 aliphatic rings. The van der Waals surface area contributed by atoms with Crippen LogP contribution in [0.3, 0.4) is 0 Å². The summed E-state index contributed by atoms with van der Waals surface area (Å²) < 4.78 is 17.3. The van der Waals surface area contributed by atoms with Gasteiger partial charge in [-0.2, -0.15) is 10.6 Å². The molecule has 0 rings (SSSR count). The Bertz CT molecular complexity index is 62.0. The van der Waals surface area contributed by atoms with Crippen LogP contribution in [0.1, 0.15) is 0 Å². The van der Waals surface area contributed by atoms with Crippen LogP contribution in [-0.2, 0) is 4.84 Å². The smallest absolute Gasteiger partial charge is 0.0852 e. The van der Waals surface area contributed by atoms with Gasteiger partial charge in [-0.1, -0.05) is 0 Å². The Hall–Kier alpha value is 0.190. The maximum absolute atomic E-state index is 8.65. The summed E-state index contributed by atoms with van der Waals surface area (Å²) in [6.45, 7) is 0.193. The van der Waals surface area contributed by atoms with E-state index >= 15 is 0 Å². The molecular formula is C3H11NO3S. The summed E-state index contributed by atoms with van der Waals surface area (Å²) in [7, 11) is -2.39. The number of nitrogens with two attached hydrogens (primary N) is 1. The van der Waals surface area contributed by atoms with Crippen molar-refractivity contribution in [2.75, 3.05) is 18.6 Å². The van der Waals surface area contributed by atoms with Crippen LogP contribution >= 0.6 is 10.6 Å². The lowest BCUT2D eigenvalue weighted by atomic mass is 10.9. The minimum Gasteiger partial charge on any atom is -0.303 e. The summed E-state index contributed by atoms with van der Waals surface area (Å²) in [4.78, 5) is 4.12. The summed E-state index contributed by atoms with van der Waals surface area (Å²) in [6, 6.07) is 0. The van der Waals surface area contributed by atoms with Crippen LogP contribution in [0, 0.1) is 0 Å². The molecule has 4 nitrogen and oxygen atoms in total. The Balaban J connectivity index is 3.11. The van der Waals surface area contributed by atoms with Crippen molar-refractivity contribution in [1.82, 2.24) is 0 Å². The second-order valence-electron chi connectivity index (χ2n) is 1.57. The Kier molecular flexibility index (Phi) is 3.34. The van der Waals surface area contributed by atoms with E-state index in [9.17, 15) is 0 Å². The molecule has 0 radical (unpaired) electrons. The van der Waals surface area contributed by atoms with Crippen molar-refractivity contribution in [2.24, 2.45) is 5.90 Å². The van der Waals surface area contributed by atoms with E-state index in [0.29, 0.717) is 0 Å². The van der Waals surface area contributed by atoms with Gasteiger partial charge in [-0.05, 0) is 0 Å². The van der Waals surface area contributed by atoms with E-state index in [2.05, 4.69) is 10.7 Å². The van der Waals surface area contributed by atoms with E-state index in [1.54, 1.807) is 0 Å². The van der Waals surface area contributed by atoms with Gasteiger partial charge in [-0.3, -0.25) is 9.11 Å². The monoisotopic (exact) mass is 141 g/mol. The van der Waals surface area contributed by atoms with E-state index in [-0.39, 0.29) is 12.4 Å². The average Bonchev–Trinajstić information content (AvgIpc) is 1.59. The normalized spacial score (nSPS) is 14.0. The van der Waals surface area contributed by atoms with Crippen molar-refractivity contribution < 1.29 is 13.9 Å². The summed E-state index contributed by atoms with van der Waals surface area (Å²) in [5.74, 6) is 4.84. The number of rotatable bonds is 3. The molecule has 0 saturated heterocycles. The van der Waals surface area contributed by atoms with Crippen molar-refractivity contribution in [3.8, 4) is 0 Å². The van der Waals surface area contributed by atoms with Crippen molar-refractivity contribution in [2.45, 2.75) is 0 Å². The maximum Gasteiger partial charge on any atom is 0.0852 e. The van der Waals surface area contributed by atoms with Gasteiger partial charge in [0.05, 0.1) is 12.4 Å². The predicted molar refractivity (Wildman–Crippen MR) is 33.8 cm³/mol. The molecule has 0 amide bonds. The van der Waals surface area contributed by atoms with Crippen LogP contribution < -0.4 is 5.90 Å². The fourth-order valence-electron chi connectivity index (χ4n) is 0.206.